The number of benzene rings is 2. The topological polar surface area (TPSA) is 95.6 Å². The van der Waals surface area contributed by atoms with Crippen molar-refractivity contribution >= 4 is 27.5 Å². The van der Waals surface area contributed by atoms with Gasteiger partial charge in [0.25, 0.3) is 0 Å². The third-order valence-electron chi connectivity index (χ3n) is 5.14. The van der Waals surface area contributed by atoms with Crippen LogP contribution in [-0.4, -0.2) is 43.7 Å². The van der Waals surface area contributed by atoms with Gasteiger partial charge in [0, 0.05) is 25.2 Å². The number of amides is 2. The Morgan fingerprint density at radius 1 is 0.969 bits per heavy atom. The van der Waals surface area contributed by atoms with Crippen LogP contribution < -0.4 is 10.6 Å². The van der Waals surface area contributed by atoms with E-state index in [1.165, 1.54) is 16.4 Å². The van der Waals surface area contributed by atoms with Crippen LogP contribution in [0.1, 0.15) is 25.7 Å². The minimum atomic E-state index is -3.84. The quantitative estimate of drug-likeness (QED) is 0.636. The number of carbonyl (C=O) groups excluding carboxylic acids is 2. The van der Waals surface area contributed by atoms with E-state index in [4.69, 9.17) is 0 Å². The van der Waals surface area contributed by atoms with Gasteiger partial charge in [-0.15, -0.1) is 0 Å². The number of halogens is 3. The molecule has 1 heterocycles. The lowest BCUT2D eigenvalue weighted by molar-refractivity contribution is -0.136. The van der Waals surface area contributed by atoms with E-state index >= 15 is 0 Å². The molecule has 1 saturated heterocycles. The van der Waals surface area contributed by atoms with Crippen LogP contribution in [0.3, 0.4) is 0 Å². The minimum Gasteiger partial charge on any atom is -0.348 e. The number of anilines is 1. The molecule has 0 saturated carbocycles. The van der Waals surface area contributed by atoms with E-state index in [0.29, 0.717) is 25.5 Å². The molecule has 0 aliphatic carbocycles. The molecule has 2 aromatic rings. The van der Waals surface area contributed by atoms with E-state index in [1.54, 1.807) is 0 Å². The molecule has 0 bridgehead atoms. The molecule has 32 heavy (non-hydrogen) atoms. The first-order valence-corrected chi connectivity index (χ1v) is 11.4. The van der Waals surface area contributed by atoms with Gasteiger partial charge in [-0.05, 0) is 55.7 Å². The lowest BCUT2D eigenvalue weighted by Crippen LogP contribution is -2.45. The van der Waals surface area contributed by atoms with Gasteiger partial charge >= 0.3 is 11.8 Å². The average molecular weight is 469 g/mol. The monoisotopic (exact) mass is 469 g/mol. The highest BCUT2D eigenvalue weighted by Crippen LogP contribution is 2.27. The summed E-state index contributed by atoms with van der Waals surface area (Å²) in [4.78, 5) is 23.9. The van der Waals surface area contributed by atoms with Gasteiger partial charge in [0.05, 0.1) is 10.6 Å². The number of hydrogen-bond acceptors (Lipinski definition) is 4. The number of piperidine rings is 1. The summed E-state index contributed by atoms with van der Waals surface area (Å²) in [5, 5.41) is 4.44. The van der Waals surface area contributed by atoms with Crippen LogP contribution in [0.5, 0.6) is 0 Å². The fraction of sp³-hybridized carbons (Fsp3) is 0.333. The van der Waals surface area contributed by atoms with E-state index in [9.17, 15) is 31.2 Å². The molecule has 1 aliphatic heterocycles. The Balaban J connectivity index is 1.58. The van der Waals surface area contributed by atoms with Crippen LogP contribution in [0.2, 0.25) is 0 Å². The number of nitrogens with one attached hydrogen (secondary N) is 2. The Morgan fingerprint density at radius 2 is 1.66 bits per heavy atom. The van der Waals surface area contributed by atoms with Crippen LogP contribution in [0.15, 0.2) is 47.4 Å². The van der Waals surface area contributed by atoms with Crippen molar-refractivity contribution in [2.75, 3.05) is 18.4 Å². The fourth-order valence-electron chi connectivity index (χ4n) is 3.52. The van der Waals surface area contributed by atoms with E-state index in [2.05, 4.69) is 10.6 Å². The lowest BCUT2D eigenvalue weighted by atomic mass is 10.0. The normalized spacial score (nSPS) is 17.0. The third-order valence-corrected chi connectivity index (χ3v) is 7.11. The van der Waals surface area contributed by atoms with Gasteiger partial charge in [0.15, 0.2) is 0 Å². The zero-order valence-electron chi connectivity index (χ0n) is 17.0. The van der Waals surface area contributed by atoms with Crippen LogP contribution >= 0.6 is 0 Å². The number of carbonyl (C=O) groups is 2. The molecule has 0 unspecified atom stereocenters. The lowest BCUT2D eigenvalue weighted by Gasteiger charge is -2.34. The zero-order chi connectivity index (χ0) is 23.3. The minimum absolute atomic E-state index is 0.0122. The average Bonchev–Trinajstić information content (AvgIpc) is 2.76. The molecule has 1 aliphatic rings. The summed E-state index contributed by atoms with van der Waals surface area (Å²) in [6.07, 6.45) is 2.31. The van der Waals surface area contributed by atoms with E-state index in [0.717, 1.165) is 30.7 Å². The number of rotatable bonds is 6. The number of nitrogens with zero attached hydrogens (tertiary/aromatic N) is 1. The Kier molecular flexibility index (Phi) is 7.52. The SMILES string of the molecule is O=C(NCC[C@H]1CCCCN1S(=O)(=O)c1ccc(F)cc1)C(=O)Nc1ccc(F)cc1F. The van der Waals surface area contributed by atoms with Crippen LogP contribution in [0.25, 0.3) is 0 Å². The molecule has 11 heteroatoms. The van der Waals surface area contributed by atoms with E-state index in [1.807, 2.05) is 0 Å². The van der Waals surface area contributed by atoms with Crippen molar-refractivity contribution in [1.29, 1.82) is 0 Å². The molecule has 172 valence electrons. The first-order chi connectivity index (χ1) is 15.2. The predicted octanol–water partition coefficient (Wildman–Crippen LogP) is 2.79. The number of hydrogen-bond donors (Lipinski definition) is 2. The molecule has 1 atom stereocenters. The summed E-state index contributed by atoms with van der Waals surface area (Å²) in [5.41, 5.74) is -0.338. The molecule has 0 aromatic heterocycles. The van der Waals surface area contributed by atoms with Gasteiger partial charge in [-0.3, -0.25) is 9.59 Å². The van der Waals surface area contributed by atoms with Crippen LogP contribution in [-0.2, 0) is 19.6 Å². The summed E-state index contributed by atoms with van der Waals surface area (Å²) < 4.78 is 67.0. The molecular weight excluding hydrogens is 447 g/mol. The second-order valence-corrected chi connectivity index (χ2v) is 9.23. The van der Waals surface area contributed by atoms with Gasteiger partial charge in [0.1, 0.15) is 17.5 Å². The molecular formula is C21H22F3N3O4S. The first kappa shape index (κ1) is 23.7. The summed E-state index contributed by atoms with van der Waals surface area (Å²) >= 11 is 0. The van der Waals surface area contributed by atoms with Crippen LogP contribution in [0, 0.1) is 17.5 Å². The molecule has 1 fully saturated rings. The summed E-state index contributed by atoms with van der Waals surface area (Å²) in [6, 6.07) is 6.67. The number of sulfonamides is 1. The van der Waals surface area contributed by atoms with Gasteiger partial charge < -0.3 is 10.6 Å². The van der Waals surface area contributed by atoms with Gasteiger partial charge in [-0.1, -0.05) is 6.42 Å². The van der Waals surface area contributed by atoms with Crippen molar-refractivity contribution in [3.05, 3.63) is 59.9 Å². The van der Waals surface area contributed by atoms with Crippen molar-refractivity contribution in [1.82, 2.24) is 9.62 Å². The van der Waals surface area contributed by atoms with Crippen molar-refractivity contribution in [2.45, 2.75) is 36.6 Å². The summed E-state index contributed by atoms with van der Waals surface area (Å²) in [5.74, 6) is -4.54. The van der Waals surface area contributed by atoms with Gasteiger partial charge in [0.2, 0.25) is 10.0 Å². The Hall–Kier alpha value is -2.92. The Bertz CT molecular complexity index is 1090. The summed E-state index contributed by atoms with van der Waals surface area (Å²) in [7, 11) is -3.84. The molecule has 0 spiro atoms. The molecule has 2 amide bonds. The highest BCUT2D eigenvalue weighted by Gasteiger charge is 2.33. The van der Waals surface area contributed by atoms with Crippen molar-refractivity contribution < 1.29 is 31.2 Å². The third kappa shape index (κ3) is 5.65. The van der Waals surface area contributed by atoms with Crippen molar-refractivity contribution in [2.24, 2.45) is 0 Å². The first-order valence-electron chi connectivity index (χ1n) is 10.00. The molecule has 3 rings (SSSR count). The van der Waals surface area contributed by atoms with Crippen molar-refractivity contribution in [3.63, 3.8) is 0 Å². The second-order valence-electron chi connectivity index (χ2n) is 7.34. The second kappa shape index (κ2) is 10.1. The van der Waals surface area contributed by atoms with Gasteiger partial charge in [-0.2, -0.15) is 4.31 Å². The molecule has 0 radical (unpaired) electrons. The fourth-order valence-corrected chi connectivity index (χ4v) is 5.25. The van der Waals surface area contributed by atoms with Crippen LogP contribution in [0.4, 0.5) is 18.9 Å². The van der Waals surface area contributed by atoms with E-state index < -0.39 is 45.3 Å². The Labute approximate surface area is 183 Å². The highest BCUT2D eigenvalue weighted by molar-refractivity contribution is 7.89. The Morgan fingerprint density at radius 3 is 2.34 bits per heavy atom. The highest BCUT2D eigenvalue weighted by atomic mass is 32.2. The maximum atomic E-state index is 13.6. The molecule has 2 N–H and O–H groups in total. The van der Waals surface area contributed by atoms with E-state index in [-0.39, 0.29) is 23.5 Å². The zero-order valence-corrected chi connectivity index (χ0v) is 17.8. The maximum Gasteiger partial charge on any atom is 0.313 e. The van der Waals surface area contributed by atoms with Gasteiger partial charge in [-0.25, -0.2) is 21.6 Å². The smallest absolute Gasteiger partial charge is 0.313 e. The van der Waals surface area contributed by atoms with Crippen molar-refractivity contribution in [3.8, 4) is 0 Å². The predicted molar refractivity (Wildman–Crippen MR) is 111 cm³/mol. The maximum absolute atomic E-state index is 13.6. The molecule has 2 aromatic carbocycles. The molecule has 7 nitrogen and oxygen atoms in total. The standard InChI is InChI=1S/C21H22F3N3O4S/c22-14-4-7-17(8-5-14)32(30,31)27-12-2-1-3-16(27)10-11-25-20(28)21(29)26-19-9-6-15(23)13-18(19)24/h4-9,13,16H,1-3,10-12H2,(H,25,28)(H,26,29)/t16-/m1/s1. The largest absolute Gasteiger partial charge is 0.348 e. The summed E-state index contributed by atoms with van der Waals surface area (Å²) in [6.45, 7) is 0.306.